The van der Waals surface area contributed by atoms with E-state index in [1.165, 1.54) is 0 Å². The molecule has 1 unspecified atom stereocenters. The van der Waals surface area contributed by atoms with Gasteiger partial charge in [0.25, 0.3) is 0 Å². The number of rotatable bonds is 8. The van der Waals surface area contributed by atoms with Gasteiger partial charge in [-0.2, -0.15) is 0 Å². The molecular formula is C15H25N3O2. The highest BCUT2D eigenvalue weighted by Gasteiger charge is 2.09. The number of amidine groups is 1. The van der Waals surface area contributed by atoms with Crippen LogP contribution in [0, 0.1) is 5.92 Å². The molecule has 0 saturated heterocycles. The lowest BCUT2D eigenvalue weighted by molar-refractivity contribution is 0.289. The Labute approximate surface area is 120 Å². The molecule has 0 bridgehead atoms. The van der Waals surface area contributed by atoms with E-state index in [0.717, 1.165) is 18.7 Å². The summed E-state index contributed by atoms with van der Waals surface area (Å²) in [6, 6.07) is 7.68. The number of oxime groups is 1. The molecule has 5 nitrogen and oxygen atoms in total. The number of hydrogen-bond acceptors (Lipinski definition) is 4. The van der Waals surface area contributed by atoms with Gasteiger partial charge in [0.15, 0.2) is 5.84 Å². The van der Waals surface area contributed by atoms with Crippen molar-refractivity contribution in [2.75, 3.05) is 13.2 Å². The highest BCUT2D eigenvalue weighted by molar-refractivity contribution is 5.97. The molecule has 0 aliphatic rings. The van der Waals surface area contributed by atoms with Crippen LogP contribution in [0.4, 0.5) is 0 Å². The summed E-state index contributed by atoms with van der Waals surface area (Å²) in [5, 5.41) is 15.0. The summed E-state index contributed by atoms with van der Waals surface area (Å²) in [7, 11) is 0. The number of nitrogens with two attached hydrogens (primary N) is 1. The molecule has 0 saturated carbocycles. The highest BCUT2D eigenvalue weighted by Crippen LogP contribution is 2.12. The van der Waals surface area contributed by atoms with Gasteiger partial charge < -0.3 is 21.0 Å². The molecule has 0 radical (unpaired) electrons. The Kier molecular flexibility index (Phi) is 6.87. The topological polar surface area (TPSA) is 79.9 Å². The lowest BCUT2D eigenvalue weighted by Crippen LogP contribution is -2.35. The number of ether oxygens (including phenoxy) is 1. The van der Waals surface area contributed by atoms with Crippen molar-refractivity contribution in [3.05, 3.63) is 29.8 Å². The van der Waals surface area contributed by atoms with Crippen molar-refractivity contribution in [2.45, 2.75) is 33.2 Å². The minimum atomic E-state index is 0.0981. The Balaban J connectivity index is 2.36. The van der Waals surface area contributed by atoms with Crippen molar-refractivity contribution in [3.63, 3.8) is 0 Å². The zero-order valence-electron chi connectivity index (χ0n) is 12.5. The fourth-order valence-electron chi connectivity index (χ4n) is 2.04. The van der Waals surface area contributed by atoms with Crippen LogP contribution in [0.3, 0.4) is 0 Å². The molecule has 0 aliphatic heterocycles. The van der Waals surface area contributed by atoms with Crippen LogP contribution in [0.25, 0.3) is 0 Å². The molecule has 0 heterocycles. The van der Waals surface area contributed by atoms with E-state index in [4.69, 9.17) is 15.7 Å². The Hall–Kier alpha value is -1.75. The molecule has 0 amide bonds. The molecule has 1 rings (SSSR count). The third-order valence-corrected chi connectivity index (χ3v) is 3.28. The molecule has 20 heavy (non-hydrogen) atoms. The van der Waals surface area contributed by atoms with Gasteiger partial charge >= 0.3 is 0 Å². The molecule has 1 aromatic carbocycles. The van der Waals surface area contributed by atoms with Gasteiger partial charge in [0, 0.05) is 18.2 Å². The van der Waals surface area contributed by atoms with Crippen molar-refractivity contribution < 1.29 is 9.94 Å². The first-order valence-corrected chi connectivity index (χ1v) is 7.02. The third-order valence-electron chi connectivity index (χ3n) is 3.28. The van der Waals surface area contributed by atoms with Gasteiger partial charge in [0.2, 0.25) is 0 Å². The summed E-state index contributed by atoms with van der Waals surface area (Å²) in [5.74, 6) is 1.50. The van der Waals surface area contributed by atoms with Gasteiger partial charge in [0.1, 0.15) is 12.4 Å². The average Bonchev–Trinajstić information content (AvgIpc) is 2.46. The van der Waals surface area contributed by atoms with Crippen LogP contribution in [-0.4, -0.2) is 30.2 Å². The minimum absolute atomic E-state index is 0.0981. The van der Waals surface area contributed by atoms with Crippen LogP contribution in [0.15, 0.2) is 29.4 Å². The Morgan fingerprint density at radius 1 is 1.35 bits per heavy atom. The van der Waals surface area contributed by atoms with Gasteiger partial charge in [-0.1, -0.05) is 25.9 Å². The van der Waals surface area contributed by atoms with Crippen LogP contribution in [0.1, 0.15) is 32.8 Å². The summed E-state index contributed by atoms with van der Waals surface area (Å²) in [4.78, 5) is 0. The predicted molar refractivity (Wildman–Crippen MR) is 81.4 cm³/mol. The summed E-state index contributed by atoms with van der Waals surface area (Å²) >= 11 is 0. The van der Waals surface area contributed by atoms with Gasteiger partial charge in [-0.15, -0.1) is 0 Å². The average molecular weight is 279 g/mol. The first-order chi connectivity index (χ1) is 9.58. The molecule has 4 N–H and O–H groups in total. The standard InChI is InChI=1S/C15H25N3O2/c1-4-14(11(2)3)17-9-10-20-13-7-5-12(6-8-13)15(16)18-19/h5-8,11,14,17,19H,4,9-10H2,1-3H3,(H2,16,18). The van der Waals surface area contributed by atoms with Crippen LogP contribution >= 0.6 is 0 Å². The highest BCUT2D eigenvalue weighted by atomic mass is 16.5. The normalized spacial score (nSPS) is 13.5. The summed E-state index contributed by atoms with van der Waals surface area (Å²) < 4.78 is 5.64. The van der Waals surface area contributed by atoms with Gasteiger partial charge in [-0.05, 0) is 36.6 Å². The molecular weight excluding hydrogens is 254 g/mol. The second kappa shape index (κ2) is 8.43. The van der Waals surface area contributed by atoms with Crippen molar-refractivity contribution >= 4 is 5.84 Å². The van der Waals surface area contributed by atoms with Crippen molar-refractivity contribution in [1.82, 2.24) is 5.32 Å². The number of benzene rings is 1. The summed E-state index contributed by atoms with van der Waals surface area (Å²) in [6.45, 7) is 8.05. The lowest BCUT2D eigenvalue weighted by Gasteiger charge is -2.20. The van der Waals surface area contributed by atoms with Crippen LogP contribution < -0.4 is 15.8 Å². The van der Waals surface area contributed by atoms with Gasteiger partial charge in [-0.3, -0.25) is 0 Å². The number of hydrogen-bond donors (Lipinski definition) is 3. The third kappa shape index (κ3) is 5.09. The molecule has 0 aromatic heterocycles. The molecule has 1 atom stereocenters. The van der Waals surface area contributed by atoms with Gasteiger partial charge in [0.05, 0.1) is 0 Å². The molecule has 0 fully saturated rings. The maximum Gasteiger partial charge on any atom is 0.170 e. The number of nitrogens with zero attached hydrogens (tertiary/aromatic N) is 1. The lowest BCUT2D eigenvalue weighted by atomic mass is 10.0. The second-order valence-corrected chi connectivity index (χ2v) is 5.07. The smallest absolute Gasteiger partial charge is 0.170 e. The largest absolute Gasteiger partial charge is 0.492 e. The zero-order chi connectivity index (χ0) is 15.0. The Morgan fingerprint density at radius 2 is 2.00 bits per heavy atom. The van der Waals surface area contributed by atoms with Crippen molar-refractivity contribution in [3.8, 4) is 5.75 Å². The summed E-state index contributed by atoms with van der Waals surface area (Å²) in [6.07, 6.45) is 1.12. The minimum Gasteiger partial charge on any atom is -0.492 e. The first-order valence-electron chi connectivity index (χ1n) is 7.02. The van der Waals surface area contributed by atoms with E-state index in [1.54, 1.807) is 12.1 Å². The quantitative estimate of drug-likeness (QED) is 0.224. The second-order valence-electron chi connectivity index (χ2n) is 5.07. The van der Waals surface area contributed by atoms with E-state index in [0.29, 0.717) is 24.1 Å². The predicted octanol–water partition coefficient (Wildman–Crippen LogP) is 2.18. The van der Waals surface area contributed by atoms with Crippen molar-refractivity contribution in [2.24, 2.45) is 16.8 Å². The Bertz CT molecular complexity index is 416. The van der Waals surface area contributed by atoms with E-state index >= 15 is 0 Å². The Morgan fingerprint density at radius 3 is 2.50 bits per heavy atom. The van der Waals surface area contributed by atoms with E-state index in [1.807, 2.05) is 12.1 Å². The van der Waals surface area contributed by atoms with Crippen LogP contribution in [0.2, 0.25) is 0 Å². The number of nitrogens with one attached hydrogen (secondary N) is 1. The monoisotopic (exact) mass is 279 g/mol. The van der Waals surface area contributed by atoms with Crippen LogP contribution in [-0.2, 0) is 0 Å². The zero-order valence-corrected chi connectivity index (χ0v) is 12.5. The summed E-state index contributed by atoms with van der Waals surface area (Å²) in [5.41, 5.74) is 6.16. The maximum absolute atomic E-state index is 8.57. The van der Waals surface area contributed by atoms with Crippen LogP contribution in [0.5, 0.6) is 5.75 Å². The van der Waals surface area contributed by atoms with E-state index < -0.39 is 0 Å². The van der Waals surface area contributed by atoms with E-state index in [-0.39, 0.29) is 5.84 Å². The fraction of sp³-hybridized carbons (Fsp3) is 0.533. The van der Waals surface area contributed by atoms with Crippen molar-refractivity contribution in [1.29, 1.82) is 0 Å². The fourth-order valence-corrected chi connectivity index (χ4v) is 2.04. The molecule has 0 spiro atoms. The maximum atomic E-state index is 8.57. The van der Waals surface area contributed by atoms with Gasteiger partial charge in [-0.25, -0.2) is 0 Å². The van der Waals surface area contributed by atoms with E-state index in [2.05, 4.69) is 31.2 Å². The SMILES string of the molecule is CCC(NCCOc1ccc(C(N)=NO)cc1)C(C)C. The first kappa shape index (κ1) is 16.3. The molecule has 5 heteroatoms. The molecule has 0 aliphatic carbocycles. The molecule has 112 valence electrons. The molecule has 1 aromatic rings. The van der Waals surface area contributed by atoms with E-state index in [9.17, 15) is 0 Å².